The molecule has 84 valence electrons. The Balaban J connectivity index is 2.23. The van der Waals surface area contributed by atoms with Crippen LogP contribution in [0.3, 0.4) is 0 Å². The fourth-order valence-electron chi connectivity index (χ4n) is 1.72. The second kappa shape index (κ2) is 4.99. The first-order valence-electron chi connectivity index (χ1n) is 5.55. The van der Waals surface area contributed by atoms with Gasteiger partial charge in [-0.25, -0.2) is 0 Å². The van der Waals surface area contributed by atoms with Gasteiger partial charge in [0.2, 0.25) is 0 Å². The van der Waals surface area contributed by atoms with Crippen molar-refractivity contribution in [2.24, 2.45) is 0 Å². The molecule has 2 aromatic carbocycles. The summed E-state index contributed by atoms with van der Waals surface area (Å²) < 4.78 is 5.22. The SMILES string of the molecule is COC(C)CNc1cccc2ccccc12. The molecule has 1 unspecified atom stereocenters. The zero-order valence-corrected chi connectivity index (χ0v) is 9.73. The van der Waals surface area contributed by atoms with Crippen LogP contribution in [0.25, 0.3) is 10.8 Å². The summed E-state index contributed by atoms with van der Waals surface area (Å²) in [5, 5.41) is 5.93. The molecule has 2 heteroatoms. The lowest BCUT2D eigenvalue weighted by atomic mass is 10.1. The largest absolute Gasteiger partial charge is 0.382 e. The number of hydrogen-bond acceptors (Lipinski definition) is 2. The minimum atomic E-state index is 0.221. The van der Waals surface area contributed by atoms with Crippen molar-refractivity contribution in [2.45, 2.75) is 13.0 Å². The van der Waals surface area contributed by atoms with Gasteiger partial charge in [-0.3, -0.25) is 0 Å². The molecule has 0 aliphatic carbocycles. The van der Waals surface area contributed by atoms with Crippen molar-refractivity contribution in [3.8, 4) is 0 Å². The van der Waals surface area contributed by atoms with E-state index in [9.17, 15) is 0 Å². The first-order chi connectivity index (χ1) is 7.81. The van der Waals surface area contributed by atoms with E-state index in [1.807, 2.05) is 0 Å². The molecule has 0 radical (unpaired) electrons. The third-order valence-corrected chi connectivity index (χ3v) is 2.77. The summed E-state index contributed by atoms with van der Waals surface area (Å²) >= 11 is 0. The number of ether oxygens (including phenoxy) is 1. The zero-order valence-electron chi connectivity index (χ0n) is 9.73. The van der Waals surface area contributed by atoms with Crippen LogP contribution >= 0.6 is 0 Å². The molecular weight excluding hydrogens is 198 g/mol. The monoisotopic (exact) mass is 215 g/mol. The summed E-state index contributed by atoms with van der Waals surface area (Å²) in [5.41, 5.74) is 1.17. The van der Waals surface area contributed by atoms with Gasteiger partial charge in [0.05, 0.1) is 6.10 Å². The first-order valence-corrected chi connectivity index (χ1v) is 5.55. The van der Waals surface area contributed by atoms with E-state index in [4.69, 9.17) is 4.74 Å². The highest BCUT2D eigenvalue weighted by molar-refractivity contribution is 5.93. The van der Waals surface area contributed by atoms with Crippen LogP contribution in [-0.4, -0.2) is 19.8 Å². The fraction of sp³-hybridized carbons (Fsp3) is 0.286. The average molecular weight is 215 g/mol. The maximum atomic E-state index is 5.22. The maximum Gasteiger partial charge on any atom is 0.0715 e. The van der Waals surface area contributed by atoms with Crippen molar-refractivity contribution in [1.29, 1.82) is 0 Å². The molecule has 0 amide bonds. The maximum absolute atomic E-state index is 5.22. The van der Waals surface area contributed by atoms with E-state index in [1.54, 1.807) is 7.11 Å². The minimum Gasteiger partial charge on any atom is -0.382 e. The molecule has 0 aromatic heterocycles. The highest BCUT2D eigenvalue weighted by Crippen LogP contribution is 2.22. The Morgan fingerprint density at radius 1 is 1.12 bits per heavy atom. The zero-order chi connectivity index (χ0) is 11.4. The predicted octanol–water partition coefficient (Wildman–Crippen LogP) is 3.29. The number of anilines is 1. The van der Waals surface area contributed by atoms with Gasteiger partial charge in [-0.05, 0) is 18.4 Å². The Bertz CT molecular complexity index is 462. The molecule has 0 saturated carbocycles. The number of benzene rings is 2. The van der Waals surface area contributed by atoms with Crippen molar-refractivity contribution in [1.82, 2.24) is 0 Å². The number of rotatable bonds is 4. The summed E-state index contributed by atoms with van der Waals surface area (Å²) in [7, 11) is 1.73. The molecule has 0 fully saturated rings. The lowest BCUT2D eigenvalue weighted by Gasteiger charge is -2.13. The van der Waals surface area contributed by atoms with Gasteiger partial charge in [-0.15, -0.1) is 0 Å². The molecular formula is C14H17NO. The number of fused-ring (bicyclic) bond motifs is 1. The standard InChI is InChI=1S/C14H17NO/c1-11(16-2)10-15-14-9-5-7-12-6-3-4-8-13(12)14/h3-9,11,15H,10H2,1-2H3. The van der Waals surface area contributed by atoms with Crippen molar-refractivity contribution >= 4 is 16.5 Å². The van der Waals surface area contributed by atoms with Gasteiger partial charge >= 0.3 is 0 Å². The normalized spacial score (nSPS) is 12.6. The van der Waals surface area contributed by atoms with E-state index in [-0.39, 0.29) is 6.10 Å². The summed E-state index contributed by atoms with van der Waals surface area (Å²) in [5.74, 6) is 0. The van der Waals surface area contributed by atoms with Crippen LogP contribution in [0.5, 0.6) is 0 Å². The molecule has 2 aromatic rings. The molecule has 0 saturated heterocycles. The molecule has 0 spiro atoms. The molecule has 1 atom stereocenters. The summed E-state index contributed by atoms with van der Waals surface area (Å²) in [6, 6.07) is 14.7. The summed E-state index contributed by atoms with van der Waals surface area (Å²) in [6.45, 7) is 2.88. The Kier molecular flexibility index (Phi) is 3.42. The third-order valence-electron chi connectivity index (χ3n) is 2.77. The molecule has 2 rings (SSSR count). The van der Waals surface area contributed by atoms with E-state index in [0.717, 1.165) is 6.54 Å². The second-order valence-electron chi connectivity index (χ2n) is 3.95. The summed E-state index contributed by atoms with van der Waals surface area (Å²) in [6.07, 6.45) is 0.221. The third kappa shape index (κ3) is 2.34. The Labute approximate surface area is 96.2 Å². The Morgan fingerprint density at radius 3 is 2.69 bits per heavy atom. The molecule has 2 nitrogen and oxygen atoms in total. The van der Waals surface area contributed by atoms with Crippen molar-refractivity contribution < 1.29 is 4.74 Å². The lowest BCUT2D eigenvalue weighted by Crippen LogP contribution is -2.18. The molecule has 0 aliphatic heterocycles. The van der Waals surface area contributed by atoms with Crippen LogP contribution < -0.4 is 5.32 Å². The van der Waals surface area contributed by atoms with Crippen molar-refractivity contribution in [3.05, 3.63) is 42.5 Å². The summed E-state index contributed by atoms with van der Waals surface area (Å²) in [4.78, 5) is 0. The van der Waals surface area contributed by atoms with Crippen molar-refractivity contribution in [2.75, 3.05) is 19.0 Å². The van der Waals surface area contributed by atoms with E-state index in [1.165, 1.54) is 16.5 Å². The number of nitrogens with one attached hydrogen (secondary N) is 1. The molecule has 0 heterocycles. The quantitative estimate of drug-likeness (QED) is 0.845. The minimum absolute atomic E-state index is 0.221. The van der Waals surface area contributed by atoms with Crippen LogP contribution in [0.15, 0.2) is 42.5 Å². The smallest absolute Gasteiger partial charge is 0.0715 e. The van der Waals surface area contributed by atoms with Gasteiger partial charge in [-0.2, -0.15) is 0 Å². The lowest BCUT2D eigenvalue weighted by molar-refractivity contribution is 0.129. The van der Waals surface area contributed by atoms with E-state index >= 15 is 0 Å². The number of hydrogen-bond donors (Lipinski definition) is 1. The highest BCUT2D eigenvalue weighted by atomic mass is 16.5. The van der Waals surface area contributed by atoms with Gasteiger partial charge in [0, 0.05) is 24.7 Å². The number of methoxy groups -OCH3 is 1. The highest BCUT2D eigenvalue weighted by Gasteiger charge is 2.02. The first kappa shape index (κ1) is 11.0. The van der Waals surface area contributed by atoms with Gasteiger partial charge in [-0.1, -0.05) is 36.4 Å². The Hall–Kier alpha value is -1.54. The molecule has 16 heavy (non-hydrogen) atoms. The van der Waals surface area contributed by atoms with Gasteiger partial charge in [0.15, 0.2) is 0 Å². The fourth-order valence-corrected chi connectivity index (χ4v) is 1.72. The molecule has 0 bridgehead atoms. The van der Waals surface area contributed by atoms with E-state index in [0.29, 0.717) is 0 Å². The van der Waals surface area contributed by atoms with E-state index in [2.05, 4.69) is 54.7 Å². The van der Waals surface area contributed by atoms with E-state index < -0.39 is 0 Å². The molecule has 1 N–H and O–H groups in total. The van der Waals surface area contributed by atoms with Crippen LogP contribution in [0, 0.1) is 0 Å². The van der Waals surface area contributed by atoms with Gasteiger partial charge in [0.1, 0.15) is 0 Å². The van der Waals surface area contributed by atoms with Gasteiger partial charge < -0.3 is 10.1 Å². The average Bonchev–Trinajstić information content (AvgIpc) is 2.35. The predicted molar refractivity (Wildman–Crippen MR) is 68.9 cm³/mol. The van der Waals surface area contributed by atoms with Crippen LogP contribution in [-0.2, 0) is 4.74 Å². The van der Waals surface area contributed by atoms with Crippen LogP contribution in [0.1, 0.15) is 6.92 Å². The van der Waals surface area contributed by atoms with Crippen LogP contribution in [0.2, 0.25) is 0 Å². The topological polar surface area (TPSA) is 21.3 Å². The molecule has 0 aliphatic rings. The van der Waals surface area contributed by atoms with Crippen LogP contribution in [0.4, 0.5) is 5.69 Å². The Morgan fingerprint density at radius 2 is 1.88 bits per heavy atom. The van der Waals surface area contributed by atoms with Gasteiger partial charge in [0.25, 0.3) is 0 Å². The second-order valence-corrected chi connectivity index (χ2v) is 3.95. The van der Waals surface area contributed by atoms with Crippen molar-refractivity contribution in [3.63, 3.8) is 0 Å².